The molecule has 3 N–H and O–H groups in total. The fraction of sp³-hybridized carbons (Fsp3) is 0.500. The van der Waals surface area contributed by atoms with Gasteiger partial charge in [0, 0.05) is 10.6 Å². The van der Waals surface area contributed by atoms with Gasteiger partial charge in [0.05, 0.1) is 19.8 Å². The van der Waals surface area contributed by atoms with Crippen molar-refractivity contribution in [2.24, 2.45) is 5.73 Å². The second kappa shape index (κ2) is 5.53. The molecule has 0 saturated heterocycles. The quantitative estimate of drug-likeness (QED) is 0.854. The highest BCUT2D eigenvalue weighted by Crippen LogP contribution is 2.35. The van der Waals surface area contributed by atoms with Gasteiger partial charge in [-0.25, -0.2) is 0 Å². The number of aliphatic hydroxyl groups is 1. The van der Waals surface area contributed by atoms with Crippen molar-refractivity contribution >= 4 is 11.6 Å². The number of methoxy groups -OCH3 is 1. The summed E-state index contributed by atoms with van der Waals surface area (Å²) in [5.74, 6) is 1.01. The van der Waals surface area contributed by atoms with Crippen LogP contribution in [-0.4, -0.2) is 18.8 Å². The minimum absolute atomic E-state index is 0.131. The van der Waals surface area contributed by atoms with E-state index in [1.165, 1.54) is 0 Å². The van der Waals surface area contributed by atoms with Gasteiger partial charge in [0.15, 0.2) is 0 Å². The Morgan fingerprint density at radius 3 is 2.38 bits per heavy atom. The summed E-state index contributed by atoms with van der Waals surface area (Å²) >= 11 is 6.03. The van der Waals surface area contributed by atoms with E-state index in [1.807, 2.05) is 6.07 Å². The molecule has 1 unspecified atom stereocenters. The van der Waals surface area contributed by atoms with Gasteiger partial charge in [-0.05, 0) is 23.6 Å². The zero-order valence-corrected chi connectivity index (χ0v) is 10.6. The summed E-state index contributed by atoms with van der Waals surface area (Å²) in [6, 6.07) is 3.15. The summed E-state index contributed by atoms with van der Waals surface area (Å²) in [5, 5.41) is 9.72. The van der Waals surface area contributed by atoms with Gasteiger partial charge in [0.25, 0.3) is 0 Å². The number of hydrogen-bond donors (Lipinski definition) is 2. The molecule has 0 fully saturated rings. The van der Waals surface area contributed by atoms with Crippen molar-refractivity contribution in [2.45, 2.75) is 25.8 Å². The minimum atomic E-state index is -0.467. The molecule has 0 aromatic heterocycles. The molecule has 90 valence electrons. The maximum Gasteiger partial charge on any atom is 0.127 e. The first kappa shape index (κ1) is 13.3. The summed E-state index contributed by atoms with van der Waals surface area (Å²) in [6.07, 6.45) is 0. The molecule has 0 saturated carbocycles. The highest BCUT2D eigenvalue weighted by Gasteiger charge is 2.17. The van der Waals surface area contributed by atoms with Gasteiger partial charge >= 0.3 is 0 Å². The molecule has 0 aliphatic rings. The van der Waals surface area contributed by atoms with Gasteiger partial charge in [-0.2, -0.15) is 0 Å². The molecule has 3 nitrogen and oxygen atoms in total. The molecule has 16 heavy (non-hydrogen) atoms. The van der Waals surface area contributed by atoms with Crippen molar-refractivity contribution in [1.29, 1.82) is 0 Å². The van der Waals surface area contributed by atoms with Crippen molar-refractivity contribution in [3.63, 3.8) is 0 Å². The molecular formula is C12H18ClNO2. The second-order valence-electron chi connectivity index (χ2n) is 4.06. The molecule has 0 radical (unpaired) electrons. The monoisotopic (exact) mass is 243 g/mol. The smallest absolute Gasteiger partial charge is 0.127 e. The van der Waals surface area contributed by atoms with E-state index < -0.39 is 6.04 Å². The van der Waals surface area contributed by atoms with E-state index in [-0.39, 0.29) is 6.61 Å². The number of hydrogen-bond acceptors (Lipinski definition) is 3. The average Bonchev–Trinajstić information content (AvgIpc) is 2.26. The Labute approximate surface area is 101 Å². The van der Waals surface area contributed by atoms with Gasteiger partial charge in [0.2, 0.25) is 0 Å². The van der Waals surface area contributed by atoms with Gasteiger partial charge in [0.1, 0.15) is 5.75 Å². The van der Waals surface area contributed by atoms with Gasteiger partial charge in [-0.3, -0.25) is 0 Å². The summed E-state index contributed by atoms with van der Waals surface area (Å²) in [4.78, 5) is 0. The van der Waals surface area contributed by atoms with E-state index >= 15 is 0 Å². The second-order valence-corrected chi connectivity index (χ2v) is 4.50. The Hall–Kier alpha value is -0.770. The van der Waals surface area contributed by atoms with Crippen LogP contribution in [0.25, 0.3) is 0 Å². The molecule has 0 amide bonds. The largest absolute Gasteiger partial charge is 0.496 e. The molecule has 0 aliphatic heterocycles. The van der Waals surface area contributed by atoms with Crippen LogP contribution in [0, 0.1) is 0 Å². The van der Waals surface area contributed by atoms with Crippen LogP contribution in [0.5, 0.6) is 5.75 Å². The molecule has 4 heteroatoms. The Morgan fingerprint density at radius 2 is 1.94 bits per heavy atom. The standard InChI is InChI=1S/C12H18ClNO2/c1-7(2)9-4-8(13)5-10(11(14)6-15)12(9)16-3/h4-5,7,11,15H,6,14H2,1-3H3. The zero-order valence-electron chi connectivity index (χ0n) is 9.83. The Balaban J connectivity index is 3.35. The highest BCUT2D eigenvalue weighted by molar-refractivity contribution is 6.30. The van der Waals surface area contributed by atoms with E-state index in [1.54, 1.807) is 13.2 Å². The van der Waals surface area contributed by atoms with E-state index in [0.29, 0.717) is 10.9 Å². The van der Waals surface area contributed by atoms with Crippen molar-refractivity contribution in [2.75, 3.05) is 13.7 Å². The third-order valence-electron chi connectivity index (χ3n) is 2.53. The third kappa shape index (κ3) is 2.67. The lowest BCUT2D eigenvalue weighted by Crippen LogP contribution is -2.16. The molecule has 1 atom stereocenters. The average molecular weight is 244 g/mol. The molecule has 0 spiro atoms. The lowest BCUT2D eigenvalue weighted by molar-refractivity contribution is 0.264. The number of aliphatic hydroxyl groups excluding tert-OH is 1. The Bertz CT molecular complexity index is 366. The summed E-state index contributed by atoms with van der Waals surface area (Å²) in [7, 11) is 1.60. The first-order chi connectivity index (χ1) is 7.51. The molecule has 1 rings (SSSR count). The zero-order chi connectivity index (χ0) is 12.3. The lowest BCUT2D eigenvalue weighted by Gasteiger charge is -2.19. The molecule has 0 heterocycles. The summed E-state index contributed by atoms with van der Waals surface area (Å²) < 4.78 is 5.37. The van der Waals surface area contributed by atoms with E-state index in [4.69, 9.17) is 27.2 Å². The molecular weight excluding hydrogens is 226 g/mol. The topological polar surface area (TPSA) is 55.5 Å². The molecule has 1 aromatic carbocycles. The maximum absolute atomic E-state index is 9.10. The van der Waals surface area contributed by atoms with Crippen LogP contribution < -0.4 is 10.5 Å². The van der Waals surface area contributed by atoms with Crippen molar-refractivity contribution in [3.8, 4) is 5.75 Å². The van der Waals surface area contributed by atoms with Gasteiger partial charge in [-0.15, -0.1) is 0 Å². The first-order valence-electron chi connectivity index (χ1n) is 5.25. The number of benzene rings is 1. The number of halogens is 1. The highest BCUT2D eigenvalue weighted by atomic mass is 35.5. The normalized spacial score (nSPS) is 12.9. The first-order valence-corrected chi connectivity index (χ1v) is 5.62. The summed E-state index contributed by atoms with van der Waals surface area (Å²) in [5.41, 5.74) is 7.58. The Kier molecular flexibility index (Phi) is 4.59. The van der Waals surface area contributed by atoms with Crippen LogP contribution in [0.3, 0.4) is 0 Å². The van der Waals surface area contributed by atoms with E-state index in [9.17, 15) is 0 Å². The molecule has 0 bridgehead atoms. The van der Waals surface area contributed by atoms with Crippen LogP contribution in [0.2, 0.25) is 5.02 Å². The Morgan fingerprint density at radius 1 is 1.38 bits per heavy atom. The minimum Gasteiger partial charge on any atom is -0.496 e. The number of rotatable bonds is 4. The van der Waals surface area contributed by atoms with E-state index in [2.05, 4.69) is 13.8 Å². The fourth-order valence-corrected chi connectivity index (χ4v) is 1.91. The maximum atomic E-state index is 9.10. The lowest BCUT2D eigenvalue weighted by atomic mass is 9.96. The van der Waals surface area contributed by atoms with Crippen LogP contribution in [0.1, 0.15) is 36.9 Å². The third-order valence-corrected chi connectivity index (χ3v) is 2.75. The fourth-order valence-electron chi connectivity index (χ4n) is 1.67. The van der Waals surface area contributed by atoms with E-state index in [0.717, 1.165) is 16.9 Å². The van der Waals surface area contributed by atoms with Gasteiger partial charge < -0.3 is 15.6 Å². The van der Waals surface area contributed by atoms with Crippen LogP contribution in [-0.2, 0) is 0 Å². The van der Waals surface area contributed by atoms with Crippen LogP contribution in [0.4, 0.5) is 0 Å². The predicted octanol–water partition coefficient (Wildman–Crippen LogP) is 2.46. The predicted molar refractivity (Wildman–Crippen MR) is 66.1 cm³/mol. The SMILES string of the molecule is COc1c(C(C)C)cc(Cl)cc1C(N)CO. The van der Waals surface area contributed by atoms with Gasteiger partial charge in [-0.1, -0.05) is 25.4 Å². The van der Waals surface area contributed by atoms with Crippen LogP contribution in [0.15, 0.2) is 12.1 Å². The molecule has 0 aliphatic carbocycles. The van der Waals surface area contributed by atoms with Crippen molar-refractivity contribution in [1.82, 2.24) is 0 Å². The van der Waals surface area contributed by atoms with Crippen LogP contribution >= 0.6 is 11.6 Å². The number of nitrogens with two attached hydrogens (primary N) is 1. The number of ether oxygens (including phenoxy) is 1. The van der Waals surface area contributed by atoms with Crippen molar-refractivity contribution < 1.29 is 9.84 Å². The van der Waals surface area contributed by atoms with Crippen molar-refractivity contribution in [3.05, 3.63) is 28.3 Å². The molecule has 1 aromatic rings. The summed E-state index contributed by atoms with van der Waals surface area (Å²) in [6.45, 7) is 3.99.